The van der Waals surface area contributed by atoms with E-state index in [4.69, 9.17) is 15.6 Å². The second-order valence-corrected chi connectivity index (χ2v) is 4.57. The highest BCUT2D eigenvalue weighted by atomic mass is 16.3. The van der Waals surface area contributed by atoms with Gasteiger partial charge in [-0.2, -0.15) is 0 Å². The lowest BCUT2D eigenvalue weighted by Crippen LogP contribution is -2.15. The van der Waals surface area contributed by atoms with E-state index in [2.05, 4.69) is 0 Å². The lowest BCUT2D eigenvalue weighted by Gasteiger charge is -2.14. The molecule has 1 heterocycles. The maximum atomic E-state index is 8.12. The number of nitrogens with two attached hydrogens (primary N) is 1. The van der Waals surface area contributed by atoms with Crippen LogP contribution in [0.3, 0.4) is 0 Å². The zero-order valence-electron chi connectivity index (χ0n) is 10.4. The average Bonchev–Trinajstić information content (AvgIpc) is 2.41. The van der Waals surface area contributed by atoms with Gasteiger partial charge in [-0.1, -0.05) is 18.2 Å². The summed E-state index contributed by atoms with van der Waals surface area (Å²) in [6.07, 6.45) is 0. The van der Waals surface area contributed by atoms with Crippen LogP contribution in [0, 0.1) is 19.3 Å². The maximum Gasteiger partial charge on any atom is 0.140 e. The van der Waals surface area contributed by atoms with Gasteiger partial charge in [-0.25, -0.2) is 0 Å². The molecule has 3 nitrogen and oxygen atoms in total. The molecule has 0 bridgehead atoms. The summed E-state index contributed by atoms with van der Waals surface area (Å²) in [6, 6.07) is 9.78. The third kappa shape index (κ3) is 1.34. The number of fused-ring (bicyclic) bond motifs is 2. The van der Waals surface area contributed by atoms with Crippen molar-refractivity contribution in [3.8, 4) is 11.3 Å². The van der Waals surface area contributed by atoms with Crippen LogP contribution in [0.15, 0.2) is 34.7 Å². The van der Waals surface area contributed by atoms with Crippen molar-refractivity contribution in [2.75, 3.05) is 5.73 Å². The minimum absolute atomic E-state index is 0.350. The number of para-hydroxylation sites is 1. The summed E-state index contributed by atoms with van der Waals surface area (Å²) >= 11 is 0. The molecule has 0 unspecified atom stereocenters. The first-order valence-electron chi connectivity index (χ1n) is 5.85. The van der Waals surface area contributed by atoms with Gasteiger partial charge in [-0.15, -0.1) is 0 Å². The van der Waals surface area contributed by atoms with E-state index in [0.717, 1.165) is 33.4 Å². The van der Waals surface area contributed by atoms with E-state index in [0.29, 0.717) is 11.0 Å². The van der Waals surface area contributed by atoms with Crippen molar-refractivity contribution in [3.05, 3.63) is 46.8 Å². The molecule has 2 aliphatic rings. The Balaban J connectivity index is 2.59. The molecule has 1 aliphatic heterocycles. The van der Waals surface area contributed by atoms with Crippen molar-refractivity contribution in [2.45, 2.75) is 13.8 Å². The SMILES string of the molecule is Cc1c2oc3ccccc3cc-2c(=N)c(N)c1C. The first-order valence-corrected chi connectivity index (χ1v) is 5.85. The molecule has 3 rings (SSSR count). The Hall–Kier alpha value is -2.29. The summed E-state index contributed by atoms with van der Waals surface area (Å²) in [7, 11) is 0. The fourth-order valence-corrected chi connectivity index (χ4v) is 2.25. The molecule has 3 N–H and O–H groups in total. The fraction of sp³-hybridized carbons (Fsp3) is 0.133. The number of benzene rings is 2. The fourth-order valence-electron chi connectivity index (χ4n) is 2.25. The Morgan fingerprint density at radius 3 is 2.61 bits per heavy atom. The number of anilines is 1. The number of hydrogen-bond acceptors (Lipinski definition) is 3. The van der Waals surface area contributed by atoms with Gasteiger partial charge in [0.15, 0.2) is 0 Å². The summed E-state index contributed by atoms with van der Waals surface area (Å²) in [6.45, 7) is 3.90. The summed E-state index contributed by atoms with van der Waals surface area (Å²) in [5.74, 6) is 0.755. The summed E-state index contributed by atoms with van der Waals surface area (Å²) in [5.41, 5.74) is 10.0. The number of nitrogens with one attached hydrogen (secondary N) is 1. The first-order chi connectivity index (χ1) is 8.59. The summed E-state index contributed by atoms with van der Waals surface area (Å²) in [4.78, 5) is 0. The first kappa shape index (κ1) is 10.8. The molecule has 1 aromatic carbocycles. The molecule has 18 heavy (non-hydrogen) atoms. The Morgan fingerprint density at radius 2 is 1.83 bits per heavy atom. The molecule has 0 fully saturated rings. The van der Waals surface area contributed by atoms with Gasteiger partial charge in [0.2, 0.25) is 0 Å². The quantitative estimate of drug-likeness (QED) is 0.466. The van der Waals surface area contributed by atoms with Crippen LogP contribution in [0.4, 0.5) is 5.69 Å². The molecular formula is C15H14N2O. The largest absolute Gasteiger partial charge is 0.456 e. The predicted molar refractivity (Wildman–Crippen MR) is 72.6 cm³/mol. The Kier molecular flexibility index (Phi) is 2.17. The van der Waals surface area contributed by atoms with Crippen molar-refractivity contribution in [3.63, 3.8) is 0 Å². The number of nitrogen functional groups attached to an aromatic ring is 1. The second-order valence-electron chi connectivity index (χ2n) is 4.57. The summed E-state index contributed by atoms with van der Waals surface area (Å²) < 4.78 is 5.92. The van der Waals surface area contributed by atoms with Crippen LogP contribution in [0.25, 0.3) is 22.3 Å². The molecule has 0 radical (unpaired) electrons. The Morgan fingerprint density at radius 1 is 1.11 bits per heavy atom. The van der Waals surface area contributed by atoms with Crippen LogP contribution in [0.5, 0.6) is 0 Å². The van der Waals surface area contributed by atoms with Gasteiger partial charge in [0.25, 0.3) is 0 Å². The molecule has 1 aliphatic carbocycles. The Bertz CT molecular complexity index is 787. The van der Waals surface area contributed by atoms with Gasteiger partial charge in [-0.05, 0) is 37.1 Å². The molecule has 0 saturated carbocycles. The van der Waals surface area contributed by atoms with Crippen molar-refractivity contribution in [1.82, 2.24) is 0 Å². The molecule has 0 amide bonds. The zero-order chi connectivity index (χ0) is 12.9. The zero-order valence-corrected chi connectivity index (χ0v) is 10.4. The highest BCUT2D eigenvalue weighted by Gasteiger charge is 2.16. The molecule has 3 heteroatoms. The summed E-state index contributed by atoms with van der Waals surface area (Å²) in [5, 5.41) is 9.45. The van der Waals surface area contributed by atoms with Gasteiger partial charge in [0.1, 0.15) is 11.3 Å². The van der Waals surface area contributed by atoms with Gasteiger partial charge in [0.05, 0.1) is 11.0 Å². The third-order valence-electron chi connectivity index (χ3n) is 3.52. The van der Waals surface area contributed by atoms with Crippen LogP contribution in [-0.4, -0.2) is 0 Å². The molecule has 1 aromatic rings. The van der Waals surface area contributed by atoms with E-state index in [9.17, 15) is 0 Å². The number of hydrogen-bond donors (Lipinski definition) is 2. The predicted octanol–water partition coefficient (Wildman–Crippen LogP) is 3.22. The monoisotopic (exact) mass is 238 g/mol. The van der Waals surface area contributed by atoms with Crippen LogP contribution >= 0.6 is 0 Å². The minimum atomic E-state index is 0.350. The van der Waals surface area contributed by atoms with Crippen LogP contribution in [0.2, 0.25) is 0 Å². The lowest BCUT2D eigenvalue weighted by molar-refractivity contribution is 0.613. The van der Waals surface area contributed by atoms with E-state index in [1.807, 2.05) is 44.2 Å². The normalized spacial score (nSPS) is 11.2. The van der Waals surface area contributed by atoms with Crippen molar-refractivity contribution in [2.24, 2.45) is 0 Å². The third-order valence-corrected chi connectivity index (χ3v) is 3.52. The Labute approximate surface area is 105 Å². The van der Waals surface area contributed by atoms with Crippen LogP contribution in [0.1, 0.15) is 11.1 Å². The molecule has 0 aromatic heterocycles. The highest BCUT2D eigenvalue weighted by molar-refractivity contribution is 5.85. The molecular weight excluding hydrogens is 224 g/mol. The molecule has 90 valence electrons. The van der Waals surface area contributed by atoms with Gasteiger partial charge >= 0.3 is 0 Å². The van der Waals surface area contributed by atoms with Crippen LogP contribution in [-0.2, 0) is 0 Å². The lowest BCUT2D eigenvalue weighted by atomic mass is 9.97. The van der Waals surface area contributed by atoms with E-state index in [1.54, 1.807) is 0 Å². The van der Waals surface area contributed by atoms with E-state index in [-0.39, 0.29) is 0 Å². The second kappa shape index (κ2) is 3.60. The molecule has 0 atom stereocenters. The van der Waals surface area contributed by atoms with Gasteiger partial charge in [0, 0.05) is 10.9 Å². The maximum absolute atomic E-state index is 8.12. The molecule has 0 spiro atoms. The minimum Gasteiger partial charge on any atom is -0.456 e. The topological polar surface area (TPSA) is 63.0 Å². The van der Waals surface area contributed by atoms with Crippen LogP contribution < -0.4 is 11.1 Å². The molecule has 0 saturated heterocycles. The average molecular weight is 238 g/mol. The van der Waals surface area contributed by atoms with Gasteiger partial charge < -0.3 is 10.2 Å². The standard InChI is InChI=1S/C15H14N2O/c1-8-9(2)15-11(14(17)13(8)16)7-10-5-3-4-6-12(10)18-15/h3-7,17H,16H2,1-2H3. The van der Waals surface area contributed by atoms with E-state index in [1.165, 1.54) is 0 Å². The van der Waals surface area contributed by atoms with E-state index < -0.39 is 0 Å². The van der Waals surface area contributed by atoms with Gasteiger partial charge in [-0.3, -0.25) is 5.41 Å². The van der Waals surface area contributed by atoms with Crippen molar-refractivity contribution < 1.29 is 4.42 Å². The van der Waals surface area contributed by atoms with Crippen molar-refractivity contribution in [1.29, 1.82) is 5.41 Å². The van der Waals surface area contributed by atoms with Crippen molar-refractivity contribution >= 4 is 16.7 Å². The highest BCUT2D eigenvalue weighted by Crippen LogP contribution is 2.31. The smallest absolute Gasteiger partial charge is 0.140 e. The number of rotatable bonds is 0. The van der Waals surface area contributed by atoms with E-state index >= 15 is 0 Å².